The van der Waals surface area contributed by atoms with Crippen molar-refractivity contribution in [3.63, 3.8) is 0 Å². The molecule has 4 rings (SSSR count). The van der Waals surface area contributed by atoms with Crippen LogP contribution < -0.4 is 4.74 Å². The van der Waals surface area contributed by atoms with Crippen molar-refractivity contribution in [2.75, 3.05) is 13.7 Å². The van der Waals surface area contributed by atoms with E-state index in [1.165, 1.54) is 0 Å². The highest BCUT2D eigenvalue weighted by atomic mass is 35.5. The number of esters is 1. The van der Waals surface area contributed by atoms with Gasteiger partial charge in [0, 0.05) is 16.5 Å². The Labute approximate surface area is 190 Å². The summed E-state index contributed by atoms with van der Waals surface area (Å²) in [6.07, 6.45) is 0. The molecule has 0 atom stereocenters. The number of ether oxygens (including phenoxy) is 2. The summed E-state index contributed by atoms with van der Waals surface area (Å²) in [4.78, 5) is 30.1. The summed E-state index contributed by atoms with van der Waals surface area (Å²) >= 11 is 6.37. The predicted octanol–water partition coefficient (Wildman–Crippen LogP) is 5.91. The quantitative estimate of drug-likeness (QED) is 0.272. The minimum Gasteiger partial charge on any atom is -0.497 e. The molecule has 0 saturated carbocycles. The van der Waals surface area contributed by atoms with Gasteiger partial charge in [0.25, 0.3) is 0 Å². The van der Waals surface area contributed by atoms with Gasteiger partial charge in [0.1, 0.15) is 5.75 Å². The van der Waals surface area contributed by atoms with Gasteiger partial charge in [-0.1, -0.05) is 53.6 Å². The molecule has 0 aliphatic heterocycles. The summed E-state index contributed by atoms with van der Waals surface area (Å²) in [5.41, 5.74) is 3.79. The number of halogens is 1. The minimum absolute atomic E-state index is 0.301. The zero-order valence-corrected chi connectivity index (χ0v) is 18.3. The van der Waals surface area contributed by atoms with E-state index in [9.17, 15) is 9.59 Å². The highest BCUT2D eigenvalue weighted by molar-refractivity contribution is 6.35. The zero-order valence-electron chi connectivity index (χ0n) is 17.6. The summed E-state index contributed by atoms with van der Waals surface area (Å²) in [5, 5.41) is 0.995. The minimum atomic E-state index is -0.616. The lowest BCUT2D eigenvalue weighted by Gasteiger charge is -2.11. The molecule has 0 spiro atoms. The third kappa shape index (κ3) is 4.48. The molecule has 3 aromatic carbocycles. The van der Waals surface area contributed by atoms with Crippen LogP contribution in [-0.4, -0.2) is 30.5 Å². The van der Waals surface area contributed by atoms with E-state index < -0.39 is 5.97 Å². The number of ketones is 1. The molecule has 160 valence electrons. The highest BCUT2D eigenvalue weighted by Crippen LogP contribution is 2.29. The van der Waals surface area contributed by atoms with Gasteiger partial charge < -0.3 is 9.47 Å². The van der Waals surface area contributed by atoms with Crippen LogP contribution in [0.3, 0.4) is 0 Å². The number of pyridine rings is 1. The Morgan fingerprint density at radius 1 is 0.969 bits per heavy atom. The van der Waals surface area contributed by atoms with Crippen LogP contribution >= 0.6 is 11.6 Å². The number of aryl methyl sites for hydroxylation is 1. The first kappa shape index (κ1) is 21.5. The number of nitrogens with zero attached hydrogens (tertiary/aromatic N) is 1. The van der Waals surface area contributed by atoms with Crippen molar-refractivity contribution in [2.24, 2.45) is 0 Å². The van der Waals surface area contributed by atoms with E-state index in [-0.39, 0.29) is 12.4 Å². The van der Waals surface area contributed by atoms with Crippen molar-refractivity contribution in [2.45, 2.75) is 6.92 Å². The fraction of sp³-hybridized carbons (Fsp3) is 0.115. The highest BCUT2D eigenvalue weighted by Gasteiger charge is 2.18. The number of benzene rings is 3. The van der Waals surface area contributed by atoms with Crippen LogP contribution in [-0.2, 0) is 4.74 Å². The Bertz CT molecular complexity index is 1300. The van der Waals surface area contributed by atoms with Gasteiger partial charge in [-0.2, -0.15) is 0 Å². The second-order valence-electron chi connectivity index (χ2n) is 7.28. The smallest absolute Gasteiger partial charge is 0.339 e. The number of hydrogen-bond acceptors (Lipinski definition) is 5. The first-order valence-corrected chi connectivity index (χ1v) is 10.3. The van der Waals surface area contributed by atoms with Crippen molar-refractivity contribution < 1.29 is 19.1 Å². The molecule has 0 aliphatic carbocycles. The van der Waals surface area contributed by atoms with Crippen LogP contribution in [0.1, 0.15) is 26.3 Å². The normalized spacial score (nSPS) is 10.7. The number of carbonyl (C=O) groups is 2. The van der Waals surface area contributed by atoms with Crippen LogP contribution in [0.25, 0.3) is 22.2 Å². The largest absolute Gasteiger partial charge is 0.497 e. The van der Waals surface area contributed by atoms with Gasteiger partial charge in [-0.05, 0) is 43.3 Å². The van der Waals surface area contributed by atoms with Crippen molar-refractivity contribution >= 4 is 34.3 Å². The molecule has 0 fully saturated rings. The summed E-state index contributed by atoms with van der Waals surface area (Å²) in [7, 11) is 1.55. The average Bonchev–Trinajstić information content (AvgIpc) is 2.82. The van der Waals surface area contributed by atoms with E-state index in [2.05, 4.69) is 4.98 Å². The summed E-state index contributed by atoms with van der Waals surface area (Å²) in [5.74, 6) is -0.284. The molecule has 0 amide bonds. The summed E-state index contributed by atoms with van der Waals surface area (Å²) in [6.45, 7) is 1.62. The van der Waals surface area contributed by atoms with E-state index in [1.807, 2.05) is 31.2 Å². The Kier molecular flexibility index (Phi) is 6.19. The molecule has 0 radical (unpaired) electrons. The van der Waals surface area contributed by atoms with Crippen LogP contribution in [0, 0.1) is 6.92 Å². The molecular formula is C26H20ClNO4. The van der Waals surface area contributed by atoms with E-state index >= 15 is 0 Å². The molecule has 6 heteroatoms. The van der Waals surface area contributed by atoms with Crippen LogP contribution in [0.15, 0.2) is 72.8 Å². The number of hydrogen-bond donors (Lipinski definition) is 0. The molecule has 0 unspecified atom stereocenters. The van der Waals surface area contributed by atoms with Crippen molar-refractivity contribution in [1.29, 1.82) is 0 Å². The third-order valence-electron chi connectivity index (χ3n) is 5.10. The average molecular weight is 446 g/mol. The first-order chi connectivity index (χ1) is 15.5. The van der Waals surface area contributed by atoms with E-state index in [0.29, 0.717) is 38.5 Å². The topological polar surface area (TPSA) is 65.5 Å². The number of carbonyl (C=O) groups excluding carboxylic acids is 2. The maximum atomic E-state index is 13.0. The van der Waals surface area contributed by atoms with Gasteiger partial charge in [-0.3, -0.25) is 4.79 Å². The van der Waals surface area contributed by atoms with Crippen LogP contribution in [0.2, 0.25) is 5.02 Å². The number of para-hydroxylation sites is 1. The number of fused-ring (bicyclic) bond motifs is 1. The Morgan fingerprint density at radius 3 is 2.38 bits per heavy atom. The molecule has 0 aliphatic rings. The maximum Gasteiger partial charge on any atom is 0.339 e. The molecule has 1 aromatic heterocycles. The van der Waals surface area contributed by atoms with Gasteiger partial charge >= 0.3 is 5.97 Å². The number of aromatic nitrogens is 1. The molecule has 0 N–H and O–H groups in total. The zero-order chi connectivity index (χ0) is 22.7. The van der Waals surface area contributed by atoms with Crippen molar-refractivity contribution in [3.05, 3.63) is 94.5 Å². The van der Waals surface area contributed by atoms with Crippen LogP contribution in [0.5, 0.6) is 5.75 Å². The number of Topliss-reactive ketones (excluding diaryl/α,β-unsaturated/α-hetero) is 1. The number of rotatable bonds is 6. The molecule has 32 heavy (non-hydrogen) atoms. The Balaban J connectivity index is 1.64. The van der Waals surface area contributed by atoms with Gasteiger partial charge in [0.05, 0.1) is 28.9 Å². The number of methoxy groups -OCH3 is 1. The predicted molar refractivity (Wildman–Crippen MR) is 125 cm³/mol. The van der Waals surface area contributed by atoms with Gasteiger partial charge in [-0.25, -0.2) is 9.78 Å². The molecular weight excluding hydrogens is 426 g/mol. The molecule has 0 saturated heterocycles. The third-order valence-corrected chi connectivity index (χ3v) is 5.41. The van der Waals surface area contributed by atoms with Gasteiger partial charge in [0.2, 0.25) is 0 Å². The van der Waals surface area contributed by atoms with Gasteiger partial charge in [-0.15, -0.1) is 0 Å². The fourth-order valence-corrected chi connectivity index (χ4v) is 3.54. The maximum absolute atomic E-state index is 13.0. The molecule has 1 heterocycles. The van der Waals surface area contributed by atoms with E-state index in [1.54, 1.807) is 55.6 Å². The molecule has 4 aromatic rings. The summed E-state index contributed by atoms with van der Waals surface area (Å²) in [6, 6.07) is 21.3. The SMILES string of the molecule is COc1ccc(C(=O)COC(=O)c2cc(-c3ccc(C)cc3)nc3c(Cl)cccc23)cc1. The second kappa shape index (κ2) is 9.20. The molecule has 0 bridgehead atoms. The van der Waals surface area contributed by atoms with Gasteiger partial charge in [0.15, 0.2) is 12.4 Å². The lowest BCUT2D eigenvalue weighted by Crippen LogP contribution is -2.15. The lowest BCUT2D eigenvalue weighted by molar-refractivity contribution is 0.0476. The second-order valence-corrected chi connectivity index (χ2v) is 7.69. The first-order valence-electron chi connectivity index (χ1n) is 9.97. The Hall–Kier alpha value is -3.70. The lowest BCUT2D eigenvalue weighted by atomic mass is 10.0. The van der Waals surface area contributed by atoms with E-state index in [0.717, 1.165) is 11.1 Å². The van der Waals surface area contributed by atoms with Crippen LogP contribution in [0.4, 0.5) is 0 Å². The van der Waals surface area contributed by atoms with Crippen molar-refractivity contribution in [1.82, 2.24) is 4.98 Å². The standard InChI is InChI=1S/C26H20ClNO4/c1-16-6-8-17(9-7-16)23-14-21(20-4-3-5-22(27)25(20)28-23)26(30)32-15-24(29)18-10-12-19(31-2)13-11-18/h3-14H,15H2,1-2H3. The molecule has 5 nitrogen and oxygen atoms in total. The summed E-state index contributed by atoms with van der Waals surface area (Å²) < 4.78 is 10.5. The fourth-order valence-electron chi connectivity index (χ4n) is 3.32. The van der Waals surface area contributed by atoms with E-state index in [4.69, 9.17) is 21.1 Å². The van der Waals surface area contributed by atoms with Crippen molar-refractivity contribution in [3.8, 4) is 17.0 Å². The monoisotopic (exact) mass is 445 g/mol. The Morgan fingerprint density at radius 2 is 1.69 bits per heavy atom.